The molecule has 0 aliphatic heterocycles. The standard InChI is InChI=1S/C12H10BrN3S/c13-8-1-2-11(10(7-8)12(14)15)17-9-3-5-16-6-4-9/h1-7H,(H3,14,15). The molecule has 0 bridgehead atoms. The highest BCUT2D eigenvalue weighted by molar-refractivity contribution is 9.10. The van der Waals surface area contributed by atoms with Crippen LogP contribution in [0.1, 0.15) is 5.56 Å². The summed E-state index contributed by atoms with van der Waals surface area (Å²) >= 11 is 4.95. The van der Waals surface area contributed by atoms with Gasteiger partial charge in [0.2, 0.25) is 0 Å². The van der Waals surface area contributed by atoms with Crippen LogP contribution in [-0.2, 0) is 0 Å². The Hall–Kier alpha value is -1.33. The number of nitrogen functional groups attached to an aromatic ring is 1. The molecular weight excluding hydrogens is 298 g/mol. The summed E-state index contributed by atoms with van der Waals surface area (Å²) in [6.45, 7) is 0. The molecule has 2 aromatic rings. The Morgan fingerprint density at radius 1 is 1.24 bits per heavy atom. The topological polar surface area (TPSA) is 62.8 Å². The minimum atomic E-state index is 0.0721. The summed E-state index contributed by atoms with van der Waals surface area (Å²) < 4.78 is 0.918. The van der Waals surface area contributed by atoms with Crippen molar-refractivity contribution < 1.29 is 0 Å². The van der Waals surface area contributed by atoms with Crippen molar-refractivity contribution in [3.63, 3.8) is 0 Å². The van der Waals surface area contributed by atoms with Gasteiger partial charge in [0, 0.05) is 32.2 Å². The van der Waals surface area contributed by atoms with Crippen LogP contribution in [0.15, 0.2) is 57.0 Å². The average Bonchev–Trinajstić information content (AvgIpc) is 2.32. The van der Waals surface area contributed by atoms with Gasteiger partial charge in [0.1, 0.15) is 5.84 Å². The number of nitrogens with zero attached hydrogens (tertiary/aromatic N) is 1. The van der Waals surface area contributed by atoms with Gasteiger partial charge in [0.15, 0.2) is 0 Å². The number of nitrogens with one attached hydrogen (secondary N) is 1. The lowest BCUT2D eigenvalue weighted by Gasteiger charge is -2.08. The number of amidine groups is 1. The van der Waals surface area contributed by atoms with Crippen LogP contribution in [0, 0.1) is 5.41 Å². The van der Waals surface area contributed by atoms with Crippen LogP contribution in [-0.4, -0.2) is 10.8 Å². The van der Waals surface area contributed by atoms with Crippen molar-refractivity contribution in [2.45, 2.75) is 9.79 Å². The number of nitrogens with two attached hydrogens (primary N) is 1. The quantitative estimate of drug-likeness (QED) is 0.675. The van der Waals surface area contributed by atoms with Gasteiger partial charge in [-0.2, -0.15) is 0 Å². The molecule has 2 rings (SSSR count). The Morgan fingerprint density at radius 3 is 2.59 bits per heavy atom. The van der Waals surface area contributed by atoms with E-state index in [9.17, 15) is 0 Å². The zero-order chi connectivity index (χ0) is 12.3. The molecule has 0 radical (unpaired) electrons. The van der Waals surface area contributed by atoms with Crippen molar-refractivity contribution in [2.75, 3.05) is 0 Å². The van der Waals surface area contributed by atoms with E-state index in [4.69, 9.17) is 11.1 Å². The third-order valence-electron chi connectivity index (χ3n) is 2.11. The number of rotatable bonds is 3. The Bertz CT molecular complexity index is 543. The van der Waals surface area contributed by atoms with E-state index in [-0.39, 0.29) is 5.84 Å². The second-order valence-electron chi connectivity index (χ2n) is 3.34. The van der Waals surface area contributed by atoms with E-state index in [1.54, 1.807) is 24.2 Å². The van der Waals surface area contributed by atoms with Crippen LogP contribution in [0.3, 0.4) is 0 Å². The maximum atomic E-state index is 7.57. The van der Waals surface area contributed by atoms with Crippen LogP contribution in [0.25, 0.3) is 0 Å². The maximum Gasteiger partial charge on any atom is 0.123 e. The van der Waals surface area contributed by atoms with E-state index < -0.39 is 0 Å². The largest absolute Gasteiger partial charge is 0.384 e. The van der Waals surface area contributed by atoms with Gasteiger partial charge in [0.25, 0.3) is 0 Å². The van der Waals surface area contributed by atoms with E-state index in [0.717, 1.165) is 19.8 Å². The predicted molar refractivity (Wildman–Crippen MR) is 73.5 cm³/mol. The minimum absolute atomic E-state index is 0.0721. The van der Waals surface area contributed by atoms with Crippen molar-refractivity contribution in [1.82, 2.24) is 4.98 Å². The van der Waals surface area contributed by atoms with Crippen molar-refractivity contribution in [3.8, 4) is 0 Å². The second-order valence-corrected chi connectivity index (χ2v) is 5.37. The van der Waals surface area contributed by atoms with Crippen molar-refractivity contribution in [2.24, 2.45) is 5.73 Å². The summed E-state index contributed by atoms with van der Waals surface area (Å²) in [7, 11) is 0. The number of halogens is 1. The first-order valence-electron chi connectivity index (χ1n) is 4.88. The molecular formula is C12H10BrN3S. The average molecular weight is 308 g/mol. The Labute approximate surface area is 112 Å². The van der Waals surface area contributed by atoms with E-state index in [2.05, 4.69) is 20.9 Å². The molecule has 0 saturated carbocycles. The number of hydrogen-bond acceptors (Lipinski definition) is 3. The molecule has 0 aliphatic carbocycles. The molecule has 3 N–H and O–H groups in total. The highest BCUT2D eigenvalue weighted by atomic mass is 79.9. The van der Waals surface area contributed by atoms with Gasteiger partial charge in [-0.25, -0.2) is 0 Å². The number of benzene rings is 1. The third kappa shape index (κ3) is 3.08. The van der Waals surface area contributed by atoms with E-state index in [0.29, 0.717) is 0 Å². The van der Waals surface area contributed by atoms with Gasteiger partial charge in [-0.1, -0.05) is 27.7 Å². The van der Waals surface area contributed by atoms with Gasteiger partial charge in [-0.05, 0) is 30.3 Å². The number of pyridine rings is 1. The van der Waals surface area contributed by atoms with Crippen LogP contribution in [0.5, 0.6) is 0 Å². The molecule has 1 heterocycles. The van der Waals surface area contributed by atoms with Crippen molar-refractivity contribution >= 4 is 33.5 Å². The van der Waals surface area contributed by atoms with E-state index in [1.807, 2.05) is 30.3 Å². The molecule has 0 saturated heterocycles. The fourth-order valence-corrected chi connectivity index (χ4v) is 2.62. The zero-order valence-electron chi connectivity index (χ0n) is 8.85. The lowest BCUT2D eigenvalue weighted by atomic mass is 10.2. The van der Waals surface area contributed by atoms with E-state index >= 15 is 0 Å². The van der Waals surface area contributed by atoms with Gasteiger partial charge >= 0.3 is 0 Å². The van der Waals surface area contributed by atoms with Crippen LogP contribution in [0.4, 0.5) is 0 Å². The lowest BCUT2D eigenvalue weighted by molar-refractivity contribution is 1.25. The van der Waals surface area contributed by atoms with E-state index in [1.165, 1.54) is 0 Å². The summed E-state index contributed by atoms with van der Waals surface area (Å²) in [4.78, 5) is 6.01. The molecule has 0 fully saturated rings. The lowest BCUT2D eigenvalue weighted by Crippen LogP contribution is -2.12. The normalized spacial score (nSPS) is 10.2. The monoisotopic (exact) mass is 307 g/mol. The Balaban J connectivity index is 2.36. The van der Waals surface area contributed by atoms with Crippen molar-refractivity contribution in [3.05, 3.63) is 52.8 Å². The first-order chi connectivity index (χ1) is 8.16. The SMILES string of the molecule is N=C(N)c1cc(Br)ccc1Sc1ccncc1. The highest BCUT2D eigenvalue weighted by Crippen LogP contribution is 2.31. The molecule has 0 amide bonds. The summed E-state index contributed by atoms with van der Waals surface area (Å²) in [6, 6.07) is 9.60. The first kappa shape index (κ1) is 12.1. The molecule has 0 unspecified atom stereocenters. The van der Waals surface area contributed by atoms with Gasteiger partial charge in [-0.15, -0.1) is 0 Å². The fourth-order valence-electron chi connectivity index (χ4n) is 1.33. The van der Waals surface area contributed by atoms with Gasteiger partial charge in [-0.3, -0.25) is 10.4 Å². The molecule has 1 aromatic carbocycles. The second kappa shape index (κ2) is 5.33. The van der Waals surface area contributed by atoms with Crippen LogP contribution >= 0.6 is 27.7 Å². The molecule has 1 aromatic heterocycles. The molecule has 0 aliphatic rings. The summed E-state index contributed by atoms with van der Waals surface area (Å²) in [6.07, 6.45) is 3.49. The van der Waals surface area contributed by atoms with Gasteiger partial charge < -0.3 is 5.73 Å². The summed E-state index contributed by atoms with van der Waals surface area (Å²) in [5.74, 6) is 0.0721. The smallest absolute Gasteiger partial charge is 0.123 e. The Kier molecular flexibility index (Phi) is 3.81. The zero-order valence-corrected chi connectivity index (χ0v) is 11.3. The molecule has 17 heavy (non-hydrogen) atoms. The van der Waals surface area contributed by atoms with Crippen molar-refractivity contribution in [1.29, 1.82) is 5.41 Å². The maximum absolute atomic E-state index is 7.57. The molecule has 0 atom stereocenters. The minimum Gasteiger partial charge on any atom is -0.384 e. The van der Waals surface area contributed by atoms with Crippen LogP contribution < -0.4 is 5.73 Å². The van der Waals surface area contributed by atoms with Crippen LogP contribution in [0.2, 0.25) is 0 Å². The Morgan fingerprint density at radius 2 is 1.94 bits per heavy atom. The molecule has 0 spiro atoms. The molecule has 5 heteroatoms. The fraction of sp³-hybridized carbons (Fsp3) is 0. The molecule has 86 valence electrons. The summed E-state index contributed by atoms with van der Waals surface area (Å²) in [5, 5.41) is 7.57. The summed E-state index contributed by atoms with van der Waals surface area (Å²) in [5.41, 5.74) is 6.31. The molecule has 3 nitrogen and oxygen atoms in total. The number of hydrogen-bond donors (Lipinski definition) is 2. The predicted octanol–water partition coefficient (Wildman–Crippen LogP) is 3.28. The highest BCUT2D eigenvalue weighted by Gasteiger charge is 2.07. The van der Waals surface area contributed by atoms with Gasteiger partial charge in [0.05, 0.1) is 0 Å². The third-order valence-corrected chi connectivity index (χ3v) is 3.69. The first-order valence-corrected chi connectivity index (χ1v) is 6.49. The number of aromatic nitrogens is 1.